The number of esters is 1. The average Bonchev–Trinajstić information content (AvgIpc) is 2.44. The highest BCUT2D eigenvalue weighted by molar-refractivity contribution is 5.89. The number of halogens is 4. The fourth-order valence-corrected chi connectivity index (χ4v) is 1.72. The van der Waals surface area contributed by atoms with Crippen molar-refractivity contribution in [1.82, 2.24) is 4.98 Å². The highest BCUT2D eigenvalue weighted by Gasteiger charge is 2.18. The summed E-state index contributed by atoms with van der Waals surface area (Å²) in [5.74, 6) is -2.41. The minimum Gasteiger partial charge on any atom is -0.465 e. The van der Waals surface area contributed by atoms with Gasteiger partial charge in [0.2, 0.25) is 0 Å². The van der Waals surface area contributed by atoms with Crippen LogP contribution < -0.4 is 0 Å². The van der Waals surface area contributed by atoms with Gasteiger partial charge in [-0.2, -0.15) is 0 Å². The Morgan fingerprint density at radius 1 is 1.19 bits per heavy atom. The van der Waals surface area contributed by atoms with Crippen LogP contribution in [0.5, 0.6) is 0 Å². The Labute approximate surface area is 125 Å². The lowest BCUT2D eigenvalue weighted by molar-refractivity contribution is 0.0600. The van der Waals surface area contributed by atoms with Gasteiger partial charge in [-0.15, -0.1) is 12.4 Å². The topological polar surface area (TPSA) is 39.2 Å². The van der Waals surface area contributed by atoms with Gasteiger partial charge in [-0.05, 0) is 29.8 Å². The second-order valence-electron chi connectivity index (χ2n) is 4.03. The molecule has 0 aliphatic rings. The lowest BCUT2D eigenvalue weighted by atomic mass is 10.1. The maximum atomic E-state index is 14.2. The number of carbonyl (C=O) groups is 1. The predicted octanol–water partition coefficient (Wildman–Crippen LogP) is 3.63. The van der Waals surface area contributed by atoms with E-state index in [2.05, 4.69) is 9.72 Å². The Kier molecular flexibility index (Phi) is 5.72. The summed E-state index contributed by atoms with van der Waals surface area (Å²) in [5.41, 5.74) is -0.230. The first-order valence-corrected chi connectivity index (χ1v) is 5.65. The van der Waals surface area contributed by atoms with Gasteiger partial charge in [0, 0.05) is 12.3 Å². The van der Waals surface area contributed by atoms with Crippen LogP contribution in [0.1, 0.15) is 27.8 Å². The quantitative estimate of drug-likeness (QED) is 0.812. The summed E-state index contributed by atoms with van der Waals surface area (Å²) >= 11 is 0. The number of rotatable bonds is 3. The van der Waals surface area contributed by atoms with Crippen molar-refractivity contribution in [3.63, 3.8) is 0 Å². The van der Waals surface area contributed by atoms with Crippen LogP contribution in [0.3, 0.4) is 0 Å². The van der Waals surface area contributed by atoms with Gasteiger partial charge in [-0.1, -0.05) is 0 Å². The molecule has 2 aromatic rings. The number of carbonyl (C=O) groups excluding carboxylic acids is 1. The second-order valence-corrected chi connectivity index (χ2v) is 4.03. The van der Waals surface area contributed by atoms with Crippen LogP contribution in [-0.2, 0) is 4.74 Å². The van der Waals surface area contributed by atoms with Crippen LogP contribution in [-0.4, -0.2) is 18.1 Å². The number of benzene rings is 1. The highest BCUT2D eigenvalue weighted by Crippen LogP contribution is 2.26. The monoisotopic (exact) mass is 317 g/mol. The first kappa shape index (κ1) is 17.0. The van der Waals surface area contributed by atoms with Gasteiger partial charge < -0.3 is 4.74 Å². The fourth-order valence-electron chi connectivity index (χ4n) is 1.72. The number of methoxy groups -OCH3 is 1. The summed E-state index contributed by atoms with van der Waals surface area (Å²) in [5, 5.41) is 0. The molecule has 0 fully saturated rings. The zero-order valence-electron chi connectivity index (χ0n) is 10.8. The van der Waals surface area contributed by atoms with E-state index in [0.717, 1.165) is 12.1 Å². The number of alkyl halides is 1. The van der Waals surface area contributed by atoms with Gasteiger partial charge >= 0.3 is 5.97 Å². The first-order valence-electron chi connectivity index (χ1n) is 5.65. The molecule has 2 rings (SSSR count). The summed E-state index contributed by atoms with van der Waals surface area (Å²) in [6.07, 6.45) is -0.617. The van der Waals surface area contributed by atoms with Crippen molar-refractivity contribution < 1.29 is 22.7 Å². The Morgan fingerprint density at radius 2 is 1.81 bits per heavy atom. The van der Waals surface area contributed by atoms with E-state index in [1.807, 2.05) is 0 Å². The zero-order valence-corrected chi connectivity index (χ0v) is 11.7. The first-order chi connectivity index (χ1) is 9.51. The predicted molar refractivity (Wildman–Crippen MR) is 72.1 cm³/mol. The van der Waals surface area contributed by atoms with E-state index in [4.69, 9.17) is 0 Å². The van der Waals surface area contributed by atoms with Crippen LogP contribution in [0.25, 0.3) is 0 Å². The van der Waals surface area contributed by atoms with Crippen molar-refractivity contribution in [1.29, 1.82) is 0 Å². The number of hydrogen-bond donors (Lipinski definition) is 0. The molecule has 0 saturated carbocycles. The van der Waals surface area contributed by atoms with Gasteiger partial charge in [0.25, 0.3) is 0 Å². The molecule has 0 aliphatic heterocycles. The lowest BCUT2D eigenvalue weighted by Crippen LogP contribution is -2.05. The normalized spacial score (nSPS) is 11.4. The fraction of sp³-hybridized carbons (Fsp3) is 0.143. The number of aromatic nitrogens is 1. The lowest BCUT2D eigenvalue weighted by Gasteiger charge is -2.09. The van der Waals surface area contributed by atoms with Crippen molar-refractivity contribution in [3.8, 4) is 0 Å². The average molecular weight is 318 g/mol. The maximum absolute atomic E-state index is 14.2. The summed E-state index contributed by atoms with van der Waals surface area (Å²) in [6.45, 7) is 0. The zero-order chi connectivity index (χ0) is 14.7. The molecule has 0 N–H and O–H groups in total. The number of hydrogen-bond acceptors (Lipinski definition) is 3. The third kappa shape index (κ3) is 3.95. The summed E-state index contributed by atoms with van der Waals surface area (Å²) in [6, 6.07) is 4.93. The van der Waals surface area contributed by atoms with E-state index in [-0.39, 0.29) is 29.2 Å². The van der Waals surface area contributed by atoms with Crippen LogP contribution >= 0.6 is 12.4 Å². The Bertz CT molecular complexity index is 632. The van der Waals surface area contributed by atoms with Crippen molar-refractivity contribution in [2.45, 2.75) is 6.17 Å². The molecular weight excluding hydrogens is 307 g/mol. The van der Waals surface area contributed by atoms with Gasteiger partial charge in [-0.25, -0.2) is 18.0 Å². The molecule has 1 unspecified atom stereocenters. The number of pyridine rings is 1. The SMILES string of the molecule is COC(=O)c1ccnc(C(F)c2cc(F)cc(F)c2)c1.Cl. The van der Waals surface area contributed by atoms with Crippen LogP contribution in [0, 0.1) is 11.6 Å². The Balaban J connectivity index is 0.00000220. The molecule has 0 spiro atoms. The molecule has 112 valence electrons. The standard InChI is InChI=1S/C14H10F3NO2.ClH/c1-20-14(19)8-2-3-18-12(6-8)13(17)9-4-10(15)7-11(16)5-9;/h2-7,13H,1H3;1H. The minimum atomic E-state index is -1.84. The number of ether oxygens (including phenoxy) is 1. The van der Waals surface area contributed by atoms with Crippen molar-refractivity contribution >= 4 is 18.4 Å². The second kappa shape index (κ2) is 7.08. The maximum Gasteiger partial charge on any atom is 0.337 e. The molecule has 0 saturated heterocycles. The van der Waals surface area contributed by atoms with E-state index < -0.39 is 23.8 Å². The van der Waals surface area contributed by atoms with E-state index >= 15 is 0 Å². The van der Waals surface area contributed by atoms with Crippen LogP contribution in [0.2, 0.25) is 0 Å². The van der Waals surface area contributed by atoms with Crippen molar-refractivity contribution in [2.24, 2.45) is 0 Å². The summed E-state index contributed by atoms with van der Waals surface area (Å²) in [7, 11) is 1.19. The molecule has 0 aliphatic carbocycles. The van der Waals surface area contributed by atoms with Crippen molar-refractivity contribution in [3.05, 3.63) is 65.0 Å². The van der Waals surface area contributed by atoms with Gasteiger partial charge in [0.1, 0.15) is 11.6 Å². The van der Waals surface area contributed by atoms with E-state index in [9.17, 15) is 18.0 Å². The smallest absolute Gasteiger partial charge is 0.337 e. The third-order valence-corrected chi connectivity index (χ3v) is 2.64. The molecule has 1 heterocycles. The summed E-state index contributed by atoms with van der Waals surface area (Å²) in [4.78, 5) is 15.1. The van der Waals surface area contributed by atoms with Crippen LogP contribution in [0.4, 0.5) is 13.2 Å². The molecule has 1 aromatic carbocycles. The van der Waals surface area contributed by atoms with Crippen molar-refractivity contribution in [2.75, 3.05) is 7.11 Å². The van der Waals surface area contributed by atoms with Gasteiger partial charge in [0.05, 0.1) is 18.4 Å². The Morgan fingerprint density at radius 3 is 2.38 bits per heavy atom. The van der Waals surface area contributed by atoms with E-state index in [1.165, 1.54) is 25.4 Å². The highest BCUT2D eigenvalue weighted by atomic mass is 35.5. The molecule has 21 heavy (non-hydrogen) atoms. The van der Waals surface area contributed by atoms with Crippen LogP contribution in [0.15, 0.2) is 36.5 Å². The molecule has 0 amide bonds. The third-order valence-electron chi connectivity index (χ3n) is 2.64. The van der Waals surface area contributed by atoms with E-state index in [1.54, 1.807) is 0 Å². The Hall–Kier alpha value is -2.08. The number of nitrogens with zero attached hydrogens (tertiary/aromatic N) is 1. The molecule has 3 nitrogen and oxygen atoms in total. The molecule has 1 aromatic heterocycles. The van der Waals surface area contributed by atoms with Gasteiger partial charge in [0.15, 0.2) is 6.17 Å². The van der Waals surface area contributed by atoms with E-state index in [0.29, 0.717) is 6.07 Å². The minimum absolute atomic E-state index is 0. The molecule has 0 bridgehead atoms. The molecular formula is C14H11ClF3NO2. The molecule has 0 radical (unpaired) electrons. The molecule has 7 heteroatoms. The largest absolute Gasteiger partial charge is 0.465 e. The summed E-state index contributed by atoms with van der Waals surface area (Å²) < 4.78 is 44.9. The molecule has 1 atom stereocenters. The van der Waals surface area contributed by atoms with Gasteiger partial charge in [-0.3, -0.25) is 4.98 Å².